The molecule has 0 amide bonds. The molecule has 0 aromatic rings. The molecule has 19 atom stereocenters. The van der Waals surface area contributed by atoms with Gasteiger partial charge in [-0.15, -0.1) is 0 Å². The Kier molecular flexibility index (Phi) is 12.6. The number of aliphatic carboxylic acids is 1. The van der Waals surface area contributed by atoms with E-state index in [0.29, 0.717) is 25.7 Å². The molecule has 16 nitrogen and oxygen atoms in total. The minimum atomic E-state index is -1.94. The molecule has 0 unspecified atom stereocenters. The zero-order valence-corrected chi connectivity index (χ0v) is 37.7. The fourth-order valence-corrected chi connectivity index (χ4v) is 13.8. The summed E-state index contributed by atoms with van der Waals surface area (Å²) in [5.74, 6) is -3.07. The molecule has 62 heavy (non-hydrogen) atoms. The fraction of sp³-hybridized carbons (Fsp3) is 0.870. The maximum Gasteiger partial charge on any atom is 0.338 e. The normalized spacial score (nSPS) is 49.8. The number of aliphatic hydroxyl groups is 5. The number of allylic oxidation sites excluding steroid dienone is 2. The Bertz CT molecular complexity index is 1800. The summed E-state index contributed by atoms with van der Waals surface area (Å²) < 4.78 is 34.6. The molecule has 0 aromatic carbocycles. The maximum absolute atomic E-state index is 14.9. The summed E-state index contributed by atoms with van der Waals surface area (Å²) in [5.41, 5.74) is -1.66. The Balaban J connectivity index is 1.18. The van der Waals surface area contributed by atoms with Gasteiger partial charge in [-0.25, -0.2) is 9.59 Å². The average molecular weight is 879 g/mol. The van der Waals surface area contributed by atoms with Crippen LogP contribution in [-0.2, 0) is 47.6 Å². The van der Waals surface area contributed by atoms with Gasteiger partial charge in [-0.2, -0.15) is 0 Å². The summed E-state index contributed by atoms with van der Waals surface area (Å²) in [6.45, 7) is 18.1. The van der Waals surface area contributed by atoms with Crippen LogP contribution in [0.15, 0.2) is 11.6 Å². The fourth-order valence-electron chi connectivity index (χ4n) is 13.8. The highest BCUT2D eigenvalue weighted by Crippen LogP contribution is 2.75. The molecule has 2 saturated heterocycles. The minimum absolute atomic E-state index is 0.00797. The van der Waals surface area contributed by atoms with E-state index >= 15 is 0 Å². The molecular weight excluding hydrogens is 808 g/mol. The third-order valence-corrected chi connectivity index (χ3v) is 17.8. The van der Waals surface area contributed by atoms with Crippen molar-refractivity contribution in [3.63, 3.8) is 0 Å². The van der Waals surface area contributed by atoms with Crippen molar-refractivity contribution < 1.29 is 78.2 Å². The molecule has 0 bridgehead atoms. The number of esters is 2. The second kappa shape index (κ2) is 16.4. The SMILES string of the molecule is CCOC(=O)[C@H]1O[C@@H](O[C@H]2[C@H](O[C@H]3CC[C@]4(C)[C@H]5C(=O)C=C6[C@@H]7C[C@@](C)(C(=O)O)CC[C@]7(C)CC[C@@]6(C)[C@]5(C)CC[C@H]4C3(C)C)O[C@H](C(=O)OCC)[C@@H](O)[C@@H]2O)[C@H](O)[C@@H](O)[C@@H]1O. The highest BCUT2D eigenvalue weighted by atomic mass is 16.8. The molecule has 7 rings (SSSR count). The van der Waals surface area contributed by atoms with Crippen molar-refractivity contribution >= 4 is 23.7 Å². The first-order chi connectivity index (χ1) is 28.8. The van der Waals surface area contributed by atoms with Crippen LogP contribution in [0.3, 0.4) is 0 Å². The van der Waals surface area contributed by atoms with E-state index in [1.807, 2.05) is 13.0 Å². The number of carbonyl (C=O) groups is 4. The van der Waals surface area contributed by atoms with Crippen LogP contribution in [-0.4, -0.2) is 135 Å². The van der Waals surface area contributed by atoms with E-state index in [9.17, 15) is 49.8 Å². The van der Waals surface area contributed by atoms with Crippen molar-refractivity contribution in [3.8, 4) is 0 Å². The zero-order valence-electron chi connectivity index (χ0n) is 37.7. The number of hydrogen-bond acceptors (Lipinski definition) is 15. The number of aliphatic hydroxyl groups excluding tert-OH is 5. The molecule has 350 valence electrons. The summed E-state index contributed by atoms with van der Waals surface area (Å²) in [7, 11) is 0. The summed E-state index contributed by atoms with van der Waals surface area (Å²) in [6, 6.07) is 0. The summed E-state index contributed by atoms with van der Waals surface area (Å²) in [5, 5.41) is 65.3. The van der Waals surface area contributed by atoms with Crippen LogP contribution in [0.25, 0.3) is 0 Å². The Morgan fingerprint density at radius 3 is 1.89 bits per heavy atom. The largest absolute Gasteiger partial charge is 0.481 e. The molecule has 16 heteroatoms. The van der Waals surface area contributed by atoms with E-state index in [1.165, 1.54) is 6.92 Å². The van der Waals surface area contributed by atoms with E-state index in [4.69, 9.17) is 28.4 Å². The van der Waals surface area contributed by atoms with Crippen LogP contribution in [0.1, 0.15) is 120 Å². The Morgan fingerprint density at radius 2 is 1.29 bits per heavy atom. The van der Waals surface area contributed by atoms with Crippen molar-refractivity contribution in [3.05, 3.63) is 11.6 Å². The molecule has 4 saturated carbocycles. The number of carboxylic acid groups (broad SMARTS) is 1. The predicted molar refractivity (Wildman–Crippen MR) is 217 cm³/mol. The summed E-state index contributed by atoms with van der Waals surface area (Å²) >= 11 is 0. The number of carboxylic acids is 1. The van der Waals surface area contributed by atoms with Crippen LogP contribution in [0.5, 0.6) is 0 Å². The number of ketones is 1. The lowest BCUT2D eigenvalue weighted by atomic mass is 9.33. The third-order valence-electron chi connectivity index (χ3n) is 17.8. The number of carbonyl (C=O) groups excluding carboxylic acids is 3. The number of ether oxygens (including phenoxy) is 6. The van der Waals surface area contributed by atoms with Gasteiger partial charge in [0.05, 0.1) is 24.7 Å². The summed E-state index contributed by atoms with van der Waals surface area (Å²) in [4.78, 5) is 53.3. The van der Waals surface area contributed by atoms with E-state index < -0.39 is 107 Å². The third kappa shape index (κ3) is 7.20. The molecule has 5 aliphatic carbocycles. The molecule has 0 spiro atoms. The monoisotopic (exact) mass is 878 g/mol. The second-order valence-corrected chi connectivity index (χ2v) is 21.5. The summed E-state index contributed by atoms with van der Waals surface area (Å²) in [6.07, 6.45) is -10.5. The van der Waals surface area contributed by atoms with Gasteiger partial charge in [0.15, 0.2) is 30.6 Å². The van der Waals surface area contributed by atoms with E-state index in [0.717, 1.165) is 37.7 Å². The van der Waals surface area contributed by atoms with Gasteiger partial charge in [-0.1, -0.05) is 47.1 Å². The molecular formula is C46H70O16. The van der Waals surface area contributed by atoms with Gasteiger partial charge < -0.3 is 59.1 Å². The van der Waals surface area contributed by atoms with Crippen molar-refractivity contribution in [2.24, 2.45) is 50.2 Å². The van der Waals surface area contributed by atoms with Crippen molar-refractivity contribution in [2.75, 3.05) is 13.2 Å². The number of fused-ring (bicyclic) bond motifs is 7. The van der Waals surface area contributed by atoms with E-state index in [1.54, 1.807) is 6.92 Å². The first kappa shape index (κ1) is 47.4. The van der Waals surface area contributed by atoms with Gasteiger partial charge in [0, 0.05) is 5.92 Å². The van der Waals surface area contributed by atoms with Crippen LogP contribution < -0.4 is 0 Å². The molecule has 0 aromatic heterocycles. The maximum atomic E-state index is 14.9. The number of rotatable bonds is 9. The van der Waals surface area contributed by atoms with Gasteiger partial charge in [0.25, 0.3) is 0 Å². The molecule has 2 aliphatic heterocycles. The highest BCUT2D eigenvalue weighted by Gasteiger charge is 2.71. The first-order valence-electron chi connectivity index (χ1n) is 22.7. The van der Waals surface area contributed by atoms with Gasteiger partial charge >= 0.3 is 17.9 Å². The predicted octanol–water partition coefficient (Wildman–Crippen LogP) is 3.20. The van der Waals surface area contributed by atoms with Crippen LogP contribution in [0.4, 0.5) is 0 Å². The van der Waals surface area contributed by atoms with Crippen LogP contribution in [0.2, 0.25) is 0 Å². The van der Waals surface area contributed by atoms with Gasteiger partial charge in [-0.05, 0) is 124 Å². The molecule has 7 aliphatic rings. The molecule has 2 heterocycles. The Hall–Kier alpha value is -2.54. The quantitative estimate of drug-likeness (QED) is 0.144. The standard InChI is InChI=1S/C46H70O16/c1-10-57-36(53)32-28(49)27(48)31(52)38(60-32)62-34-30(51)29(50)33(37(54)58-11-2)61-39(34)59-26-13-14-44(7)25(41(26,3)4)12-15-46(9)35(44)24(47)20-22-23-21-43(6,40(55)56)17-16-42(23,5)18-19-45(22,46)8/h20,23,25-35,38-39,48-52H,10-19,21H2,1-9H3,(H,55,56)/t23-,25-,26-,27-,28-,29-,30-,31+,32-,33-,34+,35+,38-,39+,42+,43-,44-,45+,46+/m0/s1. The van der Waals surface area contributed by atoms with Crippen molar-refractivity contribution in [2.45, 2.75) is 188 Å². The molecule has 6 N–H and O–H groups in total. The van der Waals surface area contributed by atoms with Crippen LogP contribution in [0, 0.1) is 50.2 Å². The minimum Gasteiger partial charge on any atom is -0.481 e. The van der Waals surface area contributed by atoms with Crippen molar-refractivity contribution in [1.82, 2.24) is 0 Å². The number of hydrogen-bond donors (Lipinski definition) is 6. The van der Waals surface area contributed by atoms with Gasteiger partial charge in [0.2, 0.25) is 0 Å². The Labute approximate surface area is 364 Å². The van der Waals surface area contributed by atoms with E-state index in [2.05, 4.69) is 41.5 Å². The van der Waals surface area contributed by atoms with Gasteiger partial charge in [-0.3, -0.25) is 9.59 Å². The smallest absolute Gasteiger partial charge is 0.338 e. The highest BCUT2D eigenvalue weighted by molar-refractivity contribution is 5.95. The average Bonchev–Trinajstić information content (AvgIpc) is 3.19. The second-order valence-electron chi connectivity index (χ2n) is 21.5. The van der Waals surface area contributed by atoms with E-state index in [-0.39, 0.29) is 47.6 Å². The van der Waals surface area contributed by atoms with Gasteiger partial charge in [0.1, 0.15) is 36.6 Å². The zero-order chi connectivity index (χ0) is 45.7. The topological polar surface area (TPSA) is 245 Å². The lowest BCUT2D eigenvalue weighted by molar-refractivity contribution is -0.371. The lowest BCUT2D eigenvalue weighted by Crippen LogP contribution is -2.68. The lowest BCUT2D eigenvalue weighted by Gasteiger charge is -2.70. The molecule has 6 fully saturated rings. The van der Waals surface area contributed by atoms with Crippen LogP contribution >= 0.6 is 0 Å². The molecule has 0 radical (unpaired) electrons. The Morgan fingerprint density at radius 1 is 0.710 bits per heavy atom. The first-order valence-corrected chi connectivity index (χ1v) is 22.7. The van der Waals surface area contributed by atoms with Crippen molar-refractivity contribution in [1.29, 1.82) is 0 Å².